The Morgan fingerprint density at radius 3 is 3.00 bits per heavy atom. The first-order chi connectivity index (χ1) is 9.66. The molecule has 1 fully saturated rings. The highest BCUT2D eigenvalue weighted by Gasteiger charge is 2.20. The van der Waals surface area contributed by atoms with E-state index < -0.39 is 5.97 Å². The quantitative estimate of drug-likeness (QED) is 0.885. The number of nitrogens with zero attached hydrogens (tertiary/aromatic N) is 1. The molecular weight excluding hydrogens is 320 g/mol. The maximum absolute atomic E-state index is 11.5. The van der Waals surface area contributed by atoms with Gasteiger partial charge in [0.1, 0.15) is 0 Å². The summed E-state index contributed by atoms with van der Waals surface area (Å²) in [5.41, 5.74) is 1.93. The molecule has 1 saturated heterocycles. The maximum atomic E-state index is 11.5. The topological polar surface area (TPSA) is 62.2 Å². The molecule has 5 heteroatoms. The van der Waals surface area contributed by atoms with Crippen LogP contribution in [0.4, 0.5) is 0 Å². The van der Waals surface area contributed by atoms with Crippen LogP contribution in [-0.2, 0) is 0 Å². The normalized spacial score (nSPS) is 19.1. The molecule has 1 aliphatic heterocycles. The van der Waals surface area contributed by atoms with Crippen molar-refractivity contribution in [1.29, 1.82) is 0 Å². The number of carboxylic acid groups (broad SMARTS) is 1. The van der Waals surface area contributed by atoms with Crippen molar-refractivity contribution >= 4 is 32.8 Å². The molecule has 1 aromatic carbocycles. The number of fused-ring (bicyclic) bond motifs is 1. The number of rotatable bonds is 2. The van der Waals surface area contributed by atoms with Gasteiger partial charge in [-0.25, -0.2) is 4.79 Å². The van der Waals surface area contributed by atoms with Crippen molar-refractivity contribution in [3.8, 4) is 0 Å². The number of aromatic carboxylic acids is 1. The summed E-state index contributed by atoms with van der Waals surface area (Å²) >= 11 is 3.47. The van der Waals surface area contributed by atoms with Crippen LogP contribution in [-0.4, -0.2) is 29.1 Å². The zero-order valence-corrected chi connectivity index (χ0v) is 12.5. The highest BCUT2D eigenvalue weighted by Crippen LogP contribution is 2.30. The molecule has 1 aliphatic rings. The van der Waals surface area contributed by atoms with E-state index in [1.54, 1.807) is 12.1 Å². The van der Waals surface area contributed by atoms with Crippen LogP contribution in [0.1, 0.15) is 34.8 Å². The van der Waals surface area contributed by atoms with Crippen molar-refractivity contribution in [1.82, 2.24) is 10.3 Å². The molecule has 2 aromatic rings. The summed E-state index contributed by atoms with van der Waals surface area (Å²) < 4.78 is 0.836. The lowest BCUT2D eigenvalue weighted by molar-refractivity contribution is 0.0699. The van der Waals surface area contributed by atoms with Gasteiger partial charge in [0.25, 0.3) is 0 Å². The van der Waals surface area contributed by atoms with Gasteiger partial charge in [0, 0.05) is 28.0 Å². The zero-order chi connectivity index (χ0) is 14.1. The molecule has 1 atom stereocenters. The van der Waals surface area contributed by atoms with Gasteiger partial charge in [-0.1, -0.05) is 12.1 Å². The second-order valence-electron chi connectivity index (χ2n) is 5.08. The number of para-hydroxylation sites is 1. The lowest BCUT2D eigenvalue weighted by Gasteiger charge is -2.23. The summed E-state index contributed by atoms with van der Waals surface area (Å²) in [6.45, 7) is 1.89. The van der Waals surface area contributed by atoms with E-state index >= 15 is 0 Å². The van der Waals surface area contributed by atoms with Crippen LogP contribution in [0.3, 0.4) is 0 Å². The fourth-order valence-corrected chi connectivity index (χ4v) is 3.18. The molecule has 0 spiro atoms. The number of hydrogen-bond donors (Lipinski definition) is 2. The fourth-order valence-electron chi connectivity index (χ4n) is 2.72. The van der Waals surface area contributed by atoms with Crippen LogP contribution in [0, 0.1) is 0 Å². The van der Waals surface area contributed by atoms with Gasteiger partial charge in [0.2, 0.25) is 0 Å². The third-order valence-electron chi connectivity index (χ3n) is 3.76. The average molecular weight is 335 g/mol. The lowest BCUT2D eigenvalue weighted by atomic mass is 9.93. The predicted molar refractivity (Wildman–Crippen MR) is 81.2 cm³/mol. The molecule has 0 aliphatic carbocycles. The monoisotopic (exact) mass is 334 g/mol. The summed E-state index contributed by atoms with van der Waals surface area (Å²) in [4.78, 5) is 16.2. The third-order valence-corrected chi connectivity index (χ3v) is 4.40. The maximum Gasteiger partial charge on any atom is 0.336 e. The third kappa shape index (κ3) is 2.43. The average Bonchev–Trinajstić information content (AvgIpc) is 2.47. The van der Waals surface area contributed by atoms with Crippen molar-refractivity contribution in [3.63, 3.8) is 0 Å². The van der Waals surface area contributed by atoms with Crippen LogP contribution in [0.15, 0.2) is 28.7 Å². The summed E-state index contributed by atoms with van der Waals surface area (Å²) in [6, 6.07) is 7.26. The van der Waals surface area contributed by atoms with E-state index in [0.717, 1.165) is 41.6 Å². The molecule has 4 nitrogen and oxygen atoms in total. The van der Waals surface area contributed by atoms with Crippen LogP contribution >= 0.6 is 15.9 Å². The number of piperidine rings is 1. The number of carbonyl (C=O) groups is 1. The summed E-state index contributed by atoms with van der Waals surface area (Å²) in [5, 5.41) is 13.5. The highest BCUT2D eigenvalue weighted by molar-refractivity contribution is 9.10. The molecule has 1 unspecified atom stereocenters. The number of hydrogen-bond acceptors (Lipinski definition) is 3. The summed E-state index contributed by atoms with van der Waals surface area (Å²) in [5.74, 6) is -0.612. The molecule has 0 amide bonds. The van der Waals surface area contributed by atoms with Gasteiger partial charge in [-0.05, 0) is 47.4 Å². The number of benzene rings is 1. The first-order valence-electron chi connectivity index (χ1n) is 6.70. The molecule has 104 valence electrons. The van der Waals surface area contributed by atoms with Gasteiger partial charge in [-0.15, -0.1) is 0 Å². The zero-order valence-electron chi connectivity index (χ0n) is 10.9. The Morgan fingerprint density at radius 2 is 2.30 bits per heavy atom. The fraction of sp³-hybridized carbons (Fsp3) is 0.333. The van der Waals surface area contributed by atoms with Crippen molar-refractivity contribution in [2.45, 2.75) is 18.8 Å². The van der Waals surface area contributed by atoms with Gasteiger partial charge in [-0.3, -0.25) is 4.98 Å². The number of aromatic nitrogens is 1. The van der Waals surface area contributed by atoms with Gasteiger partial charge >= 0.3 is 5.97 Å². The van der Waals surface area contributed by atoms with E-state index in [1.807, 2.05) is 12.1 Å². The van der Waals surface area contributed by atoms with E-state index in [1.165, 1.54) is 0 Å². The van der Waals surface area contributed by atoms with Crippen molar-refractivity contribution in [2.75, 3.05) is 13.1 Å². The molecule has 2 heterocycles. The molecule has 1 aromatic heterocycles. The van der Waals surface area contributed by atoms with Crippen molar-refractivity contribution in [2.24, 2.45) is 0 Å². The summed E-state index contributed by atoms with van der Waals surface area (Å²) in [7, 11) is 0. The number of pyridine rings is 1. The number of halogens is 1. The minimum Gasteiger partial charge on any atom is -0.478 e. The molecule has 0 bridgehead atoms. The first kappa shape index (κ1) is 13.5. The Kier molecular flexibility index (Phi) is 3.72. The Bertz CT molecular complexity index is 666. The Morgan fingerprint density at radius 1 is 1.45 bits per heavy atom. The van der Waals surface area contributed by atoms with E-state index in [-0.39, 0.29) is 0 Å². The van der Waals surface area contributed by atoms with Gasteiger partial charge in [0.15, 0.2) is 0 Å². The summed E-state index contributed by atoms with van der Waals surface area (Å²) in [6.07, 6.45) is 2.15. The molecule has 0 saturated carbocycles. The van der Waals surface area contributed by atoms with Gasteiger partial charge in [-0.2, -0.15) is 0 Å². The molecule has 2 N–H and O–H groups in total. The number of nitrogens with one attached hydrogen (secondary N) is 1. The molecule has 20 heavy (non-hydrogen) atoms. The standard InChI is InChI=1S/C15H15BrN2O2/c16-12-5-1-4-10-11(15(19)20)7-13(18-14(10)12)9-3-2-6-17-8-9/h1,4-5,7,9,17H,2-3,6,8H2,(H,19,20). The smallest absolute Gasteiger partial charge is 0.336 e. The Balaban J connectivity index is 2.18. The molecule has 3 rings (SSSR count). The molecular formula is C15H15BrN2O2. The van der Waals surface area contributed by atoms with Gasteiger partial charge in [0.05, 0.1) is 11.1 Å². The minimum atomic E-state index is -0.902. The Hall–Kier alpha value is -1.46. The largest absolute Gasteiger partial charge is 0.478 e. The van der Waals surface area contributed by atoms with Crippen LogP contribution < -0.4 is 5.32 Å². The van der Waals surface area contributed by atoms with Crippen LogP contribution in [0.25, 0.3) is 10.9 Å². The van der Waals surface area contributed by atoms with E-state index in [2.05, 4.69) is 21.2 Å². The predicted octanol–water partition coefficient (Wildman–Crippen LogP) is 3.16. The second kappa shape index (κ2) is 5.50. The minimum absolute atomic E-state index is 0.290. The van der Waals surface area contributed by atoms with E-state index in [0.29, 0.717) is 16.9 Å². The number of carboxylic acids is 1. The van der Waals surface area contributed by atoms with Crippen molar-refractivity contribution < 1.29 is 9.90 Å². The Labute approximate surface area is 125 Å². The highest BCUT2D eigenvalue weighted by atomic mass is 79.9. The van der Waals surface area contributed by atoms with Crippen LogP contribution in [0.2, 0.25) is 0 Å². The van der Waals surface area contributed by atoms with Gasteiger partial charge < -0.3 is 10.4 Å². The first-order valence-corrected chi connectivity index (χ1v) is 7.49. The van der Waals surface area contributed by atoms with E-state index in [4.69, 9.17) is 4.98 Å². The van der Waals surface area contributed by atoms with E-state index in [9.17, 15) is 9.90 Å². The lowest BCUT2D eigenvalue weighted by Crippen LogP contribution is -2.29. The second-order valence-corrected chi connectivity index (χ2v) is 5.93. The molecule has 0 radical (unpaired) electrons. The van der Waals surface area contributed by atoms with Crippen molar-refractivity contribution in [3.05, 3.63) is 40.0 Å². The SMILES string of the molecule is O=C(O)c1cc(C2CCCNC2)nc2c(Br)cccc12. The van der Waals surface area contributed by atoms with Crippen LogP contribution in [0.5, 0.6) is 0 Å².